The SMILES string of the molecule is Nc1ccc(O)c(CNS(=O)(=O)NC2CC2)c1. The van der Waals surface area contributed by atoms with Gasteiger partial charge in [-0.25, -0.2) is 0 Å². The van der Waals surface area contributed by atoms with Crippen molar-refractivity contribution in [3.8, 4) is 5.75 Å². The van der Waals surface area contributed by atoms with E-state index < -0.39 is 10.2 Å². The Morgan fingerprint density at radius 3 is 2.76 bits per heavy atom. The van der Waals surface area contributed by atoms with E-state index in [0.29, 0.717) is 11.3 Å². The summed E-state index contributed by atoms with van der Waals surface area (Å²) >= 11 is 0. The molecule has 0 radical (unpaired) electrons. The first kappa shape index (κ1) is 12.2. The van der Waals surface area contributed by atoms with E-state index in [0.717, 1.165) is 12.8 Å². The molecule has 0 saturated heterocycles. The maximum Gasteiger partial charge on any atom is 0.277 e. The molecule has 0 atom stereocenters. The largest absolute Gasteiger partial charge is 0.508 e. The number of phenolic OH excluding ortho intramolecular Hbond substituents is 1. The number of nitrogen functional groups attached to an aromatic ring is 1. The Morgan fingerprint density at radius 1 is 1.41 bits per heavy atom. The number of nitrogens with two attached hydrogens (primary N) is 1. The maximum absolute atomic E-state index is 11.5. The van der Waals surface area contributed by atoms with Crippen LogP contribution in [-0.2, 0) is 16.8 Å². The molecule has 7 heteroatoms. The predicted molar refractivity (Wildman–Crippen MR) is 64.4 cm³/mol. The quantitative estimate of drug-likeness (QED) is 0.442. The van der Waals surface area contributed by atoms with Gasteiger partial charge in [-0.15, -0.1) is 0 Å². The number of anilines is 1. The molecular weight excluding hydrogens is 242 g/mol. The topological polar surface area (TPSA) is 104 Å². The van der Waals surface area contributed by atoms with E-state index in [1.807, 2.05) is 0 Å². The van der Waals surface area contributed by atoms with Crippen LogP contribution in [0.15, 0.2) is 18.2 Å². The van der Waals surface area contributed by atoms with E-state index in [1.54, 1.807) is 6.07 Å². The lowest BCUT2D eigenvalue weighted by atomic mass is 10.2. The second-order valence-electron chi connectivity index (χ2n) is 4.10. The summed E-state index contributed by atoms with van der Waals surface area (Å²) < 4.78 is 27.9. The monoisotopic (exact) mass is 257 g/mol. The highest BCUT2D eigenvalue weighted by Gasteiger charge is 2.26. The molecule has 94 valence electrons. The van der Waals surface area contributed by atoms with Gasteiger partial charge in [0.25, 0.3) is 10.2 Å². The third kappa shape index (κ3) is 3.58. The molecule has 1 aliphatic carbocycles. The lowest BCUT2D eigenvalue weighted by Crippen LogP contribution is -2.37. The zero-order valence-electron chi connectivity index (χ0n) is 9.18. The smallest absolute Gasteiger partial charge is 0.277 e. The number of aromatic hydroxyl groups is 1. The molecule has 5 N–H and O–H groups in total. The first-order chi connectivity index (χ1) is 7.96. The Labute approximate surface area is 100 Å². The molecule has 0 aliphatic heterocycles. The summed E-state index contributed by atoms with van der Waals surface area (Å²) in [5.74, 6) is 0.0216. The standard InChI is InChI=1S/C10H15N3O3S/c11-8-1-4-10(14)7(5-8)6-12-17(15,16)13-9-2-3-9/h1,4-5,9,12-14H,2-3,6,11H2. The van der Waals surface area contributed by atoms with Crippen LogP contribution in [0.25, 0.3) is 0 Å². The van der Waals surface area contributed by atoms with Gasteiger partial charge in [0.15, 0.2) is 0 Å². The number of hydrogen-bond acceptors (Lipinski definition) is 4. The highest BCUT2D eigenvalue weighted by atomic mass is 32.2. The zero-order valence-corrected chi connectivity index (χ0v) is 10.00. The Morgan fingerprint density at radius 2 is 2.12 bits per heavy atom. The van der Waals surface area contributed by atoms with Crippen LogP contribution in [0.2, 0.25) is 0 Å². The van der Waals surface area contributed by atoms with E-state index in [9.17, 15) is 13.5 Å². The first-order valence-electron chi connectivity index (χ1n) is 5.30. The van der Waals surface area contributed by atoms with E-state index in [-0.39, 0.29) is 18.3 Å². The minimum Gasteiger partial charge on any atom is -0.508 e. The van der Waals surface area contributed by atoms with Gasteiger partial charge in [-0.05, 0) is 31.0 Å². The van der Waals surface area contributed by atoms with Crippen LogP contribution in [0.5, 0.6) is 5.75 Å². The lowest BCUT2D eigenvalue weighted by molar-refractivity contribution is 0.467. The van der Waals surface area contributed by atoms with Crippen LogP contribution in [-0.4, -0.2) is 19.6 Å². The molecule has 0 aromatic heterocycles. The van der Waals surface area contributed by atoms with E-state index in [2.05, 4.69) is 9.44 Å². The molecule has 0 spiro atoms. The molecule has 1 aromatic carbocycles. The van der Waals surface area contributed by atoms with Crippen molar-refractivity contribution >= 4 is 15.9 Å². The van der Waals surface area contributed by atoms with Crippen molar-refractivity contribution in [2.24, 2.45) is 0 Å². The summed E-state index contributed by atoms with van der Waals surface area (Å²) in [6.45, 7) is 0.0128. The molecule has 0 bridgehead atoms. The van der Waals surface area contributed by atoms with Gasteiger partial charge >= 0.3 is 0 Å². The molecule has 6 nitrogen and oxygen atoms in total. The zero-order chi connectivity index (χ0) is 12.5. The molecule has 1 aliphatic rings. The second-order valence-corrected chi connectivity index (χ2v) is 5.64. The Kier molecular flexibility index (Phi) is 3.23. The Hall–Kier alpha value is -1.31. The predicted octanol–water partition coefficient (Wildman–Crippen LogP) is 0.0608. The van der Waals surface area contributed by atoms with Gasteiger partial charge in [0.2, 0.25) is 0 Å². The van der Waals surface area contributed by atoms with Gasteiger partial charge in [0, 0.05) is 23.8 Å². The summed E-state index contributed by atoms with van der Waals surface area (Å²) in [5.41, 5.74) is 6.48. The lowest BCUT2D eigenvalue weighted by Gasteiger charge is -2.09. The molecular formula is C10H15N3O3S. The van der Waals surface area contributed by atoms with Crippen LogP contribution in [0.1, 0.15) is 18.4 Å². The van der Waals surface area contributed by atoms with Gasteiger partial charge < -0.3 is 10.8 Å². The van der Waals surface area contributed by atoms with Crippen molar-refractivity contribution in [3.05, 3.63) is 23.8 Å². The molecule has 0 unspecified atom stereocenters. The van der Waals surface area contributed by atoms with Crippen LogP contribution in [0.4, 0.5) is 5.69 Å². The average Bonchev–Trinajstić information content (AvgIpc) is 3.03. The van der Waals surface area contributed by atoms with Crippen molar-refractivity contribution in [2.75, 3.05) is 5.73 Å². The molecule has 1 fully saturated rings. The summed E-state index contributed by atoms with van der Waals surface area (Å²) in [5, 5.41) is 9.52. The number of hydrogen-bond donors (Lipinski definition) is 4. The third-order valence-corrected chi connectivity index (χ3v) is 3.62. The van der Waals surface area contributed by atoms with Crippen LogP contribution >= 0.6 is 0 Å². The number of benzene rings is 1. The molecule has 17 heavy (non-hydrogen) atoms. The fourth-order valence-electron chi connectivity index (χ4n) is 1.38. The summed E-state index contributed by atoms with van der Waals surface area (Å²) in [6, 6.07) is 4.58. The highest BCUT2D eigenvalue weighted by molar-refractivity contribution is 7.87. The number of rotatable bonds is 5. The van der Waals surface area contributed by atoms with Crippen molar-refractivity contribution in [3.63, 3.8) is 0 Å². The van der Waals surface area contributed by atoms with Crippen molar-refractivity contribution in [2.45, 2.75) is 25.4 Å². The number of phenols is 1. The van der Waals surface area contributed by atoms with Gasteiger partial charge in [-0.2, -0.15) is 17.9 Å². The third-order valence-electron chi connectivity index (χ3n) is 2.46. The molecule has 1 aromatic rings. The Bertz CT molecular complexity index is 512. The van der Waals surface area contributed by atoms with Crippen molar-refractivity contribution in [1.82, 2.24) is 9.44 Å². The minimum atomic E-state index is -3.50. The fourth-order valence-corrected chi connectivity index (χ4v) is 2.49. The van der Waals surface area contributed by atoms with Crippen molar-refractivity contribution in [1.29, 1.82) is 0 Å². The summed E-state index contributed by atoms with van der Waals surface area (Å²) in [7, 11) is -3.50. The van der Waals surface area contributed by atoms with Gasteiger partial charge in [0.05, 0.1) is 0 Å². The van der Waals surface area contributed by atoms with Gasteiger partial charge in [-0.1, -0.05) is 0 Å². The van der Waals surface area contributed by atoms with Crippen LogP contribution < -0.4 is 15.2 Å². The van der Waals surface area contributed by atoms with Gasteiger partial charge in [0.1, 0.15) is 5.75 Å². The highest BCUT2D eigenvalue weighted by Crippen LogP contribution is 2.21. The molecule has 1 saturated carbocycles. The van der Waals surface area contributed by atoms with E-state index in [1.165, 1.54) is 12.1 Å². The van der Waals surface area contributed by atoms with Crippen LogP contribution in [0.3, 0.4) is 0 Å². The second kappa shape index (κ2) is 4.52. The summed E-state index contributed by atoms with van der Waals surface area (Å²) in [4.78, 5) is 0. The maximum atomic E-state index is 11.5. The average molecular weight is 257 g/mol. The molecule has 0 heterocycles. The van der Waals surface area contributed by atoms with E-state index in [4.69, 9.17) is 5.73 Å². The molecule has 2 rings (SSSR count). The van der Waals surface area contributed by atoms with Gasteiger partial charge in [-0.3, -0.25) is 0 Å². The summed E-state index contributed by atoms with van der Waals surface area (Å²) in [6.07, 6.45) is 1.76. The van der Waals surface area contributed by atoms with Crippen LogP contribution in [0, 0.1) is 0 Å². The number of nitrogens with one attached hydrogen (secondary N) is 2. The normalized spacial score (nSPS) is 16.0. The Balaban J connectivity index is 1.98. The fraction of sp³-hybridized carbons (Fsp3) is 0.400. The molecule has 0 amide bonds. The van der Waals surface area contributed by atoms with Crippen molar-refractivity contribution < 1.29 is 13.5 Å². The van der Waals surface area contributed by atoms with E-state index >= 15 is 0 Å². The minimum absolute atomic E-state index is 0.0128. The first-order valence-corrected chi connectivity index (χ1v) is 6.79.